The number of esters is 1. The standard InChI is InChI=1S/C19H28O5/c1-16(20)24-18-11-9-17(10-12-18)21-13-5-2-3-6-14-22-19-8-4-7-15-23-19/h9-12,19H,2-8,13-15H2,1H3. The van der Waals surface area contributed by atoms with Crippen molar-refractivity contribution in [2.24, 2.45) is 0 Å². The molecule has 0 aliphatic carbocycles. The SMILES string of the molecule is CC(=O)Oc1ccc(OCCCCCCOC2CCCCO2)cc1. The molecule has 1 heterocycles. The molecule has 1 aliphatic heterocycles. The van der Waals surface area contributed by atoms with Gasteiger partial charge in [0.15, 0.2) is 6.29 Å². The lowest BCUT2D eigenvalue weighted by atomic mass is 10.2. The van der Waals surface area contributed by atoms with Crippen LogP contribution in [-0.2, 0) is 14.3 Å². The Morgan fingerprint density at radius 1 is 1.04 bits per heavy atom. The van der Waals surface area contributed by atoms with Gasteiger partial charge >= 0.3 is 5.97 Å². The third-order valence-corrected chi connectivity index (χ3v) is 3.83. The number of carbonyl (C=O) groups excluding carboxylic acids is 1. The van der Waals surface area contributed by atoms with Gasteiger partial charge in [-0.2, -0.15) is 0 Å². The summed E-state index contributed by atoms with van der Waals surface area (Å²) in [4.78, 5) is 10.8. The molecule has 0 bridgehead atoms. The maximum atomic E-state index is 10.8. The minimum Gasteiger partial charge on any atom is -0.494 e. The number of benzene rings is 1. The van der Waals surface area contributed by atoms with Gasteiger partial charge in [0, 0.05) is 20.1 Å². The summed E-state index contributed by atoms with van der Waals surface area (Å²) in [5.41, 5.74) is 0. The Labute approximate surface area is 144 Å². The first-order chi connectivity index (χ1) is 11.7. The minimum absolute atomic E-state index is 0.0250. The Bertz CT molecular complexity index is 465. The van der Waals surface area contributed by atoms with Crippen LogP contribution in [0.3, 0.4) is 0 Å². The molecule has 5 heteroatoms. The fourth-order valence-corrected chi connectivity index (χ4v) is 2.57. The van der Waals surface area contributed by atoms with E-state index in [0.29, 0.717) is 12.4 Å². The van der Waals surface area contributed by atoms with E-state index in [1.807, 2.05) is 12.1 Å². The van der Waals surface area contributed by atoms with Crippen molar-refractivity contribution >= 4 is 5.97 Å². The van der Waals surface area contributed by atoms with Gasteiger partial charge in [-0.3, -0.25) is 4.79 Å². The molecule has 0 saturated carbocycles. The van der Waals surface area contributed by atoms with E-state index >= 15 is 0 Å². The van der Waals surface area contributed by atoms with Crippen LogP contribution in [0.25, 0.3) is 0 Å². The maximum absolute atomic E-state index is 10.8. The Hall–Kier alpha value is -1.59. The third-order valence-electron chi connectivity index (χ3n) is 3.83. The molecular formula is C19H28O5. The van der Waals surface area contributed by atoms with Crippen molar-refractivity contribution in [1.29, 1.82) is 0 Å². The molecule has 1 unspecified atom stereocenters. The first-order valence-electron chi connectivity index (χ1n) is 8.88. The molecule has 134 valence electrons. The Morgan fingerprint density at radius 2 is 1.75 bits per heavy atom. The third kappa shape index (κ3) is 7.79. The maximum Gasteiger partial charge on any atom is 0.308 e. The largest absolute Gasteiger partial charge is 0.494 e. The lowest BCUT2D eigenvalue weighted by Crippen LogP contribution is -2.22. The molecule has 0 spiro atoms. The molecule has 1 aliphatic rings. The molecule has 2 rings (SSSR count). The minimum atomic E-state index is -0.317. The van der Waals surface area contributed by atoms with Crippen molar-refractivity contribution in [1.82, 2.24) is 0 Å². The van der Waals surface area contributed by atoms with Crippen LogP contribution < -0.4 is 9.47 Å². The molecule has 0 aromatic heterocycles. The highest BCUT2D eigenvalue weighted by Gasteiger charge is 2.13. The first kappa shape index (κ1) is 18.7. The normalized spacial score (nSPS) is 17.5. The van der Waals surface area contributed by atoms with E-state index in [9.17, 15) is 4.79 Å². The number of unbranched alkanes of at least 4 members (excludes halogenated alkanes) is 3. The van der Waals surface area contributed by atoms with Crippen LogP contribution in [-0.4, -0.2) is 32.1 Å². The van der Waals surface area contributed by atoms with Gasteiger partial charge < -0.3 is 18.9 Å². The molecule has 0 N–H and O–H groups in total. The fraction of sp³-hybridized carbons (Fsp3) is 0.632. The Morgan fingerprint density at radius 3 is 2.42 bits per heavy atom. The monoisotopic (exact) mass is 336 g/mol. The summed E-state index contributed by atoms with van der Waals surface area (Å²) in [6.45, 7) is 3.70. The van der Waals surface area contributed by atoms with Crippen LogP contribution in [0.5, 0.6) is 11.5 Å². The number of hydrogen-bond donors (Lipinski definition) is 0. The van der Waals surface area contributed by atoms with Crippen LogP contribution in [0.1, 0.15) is 51.9 Å². The van der Waals surface area contributed by atoms with Gasteiger partial charge in [0.25, 0.3) is 0 Å². The topological polar surface area (TPSA) is 54.0 Å². The van der Waals surface area contributed by atoms with Crippen molar-refractivity contribution in [3.63, 3.8) is 0 Å². The molecule has 0 amide bonds. The van der Waals surface area contributed by atoms with Gasteiger partial charge in [-0.1, -0.05) is 6.42 Å². The van der Waals surface area contributed by atoms with Gasteiger partial charge in [0.05, 0.1) is 6.61 Å². The fourth-order valence-electron chi connectivity index (χ4n) is 2.57. The summed E-state index contributed by atoms with van der Waals surface area (Å²) in [6, 6.07) is 7.11. The lowest BCUT2D eigenvalue weighted by molar-refractivity contribution is -0.162. The van der Waals surface area contributed by atoms with Gasteiger partial charge in [-0.15, -0.1) is 0 Å². The molecule has 24 heavy (non-hydrogen) atoms. The molecule has 1 aromatic rings. The second-order valence-corrected chi connectivity index (χ2v) is 5.99. The van der Waals surface area contributed by atoms with Crippen LogP contribution in [0.15, 0.2) is 24.3 Å². The zero-order valence-corrected chi connectivity index (χ0v) is 14.5. The van der Waals surface area contributed by atoms with Crippen molar-refractivity contribution < 1.29 is 23.7 Å². The second-order valence-electron chi connectivity index (χ2n) is 5.99. The van der Waals surface area contributed by atoms with Crippen LogP contribution in [0, 0.1) is 0 Å². The predicted octanol–water partition coefficient (Wildman–Crippen LogP) is 4.09. The van der Waals surface area contributed by atoms with Crippen LogP contribution >= 0.6 is 0 Å². The molecule has 1 aromatic carbocycles. The lowest BCUT2D eigenvalue weighted by Gasteiger charge is -2.22. The van der Waals surface area contributed by atoms with Crippen molar-refractivity contribution in [2.75, 3.05) is 19.8 Å². The Balaban J connectivity index is 1.45. The van der Waals surface area contributed by atoms with E-state index in [1.165, 1.54) is 13.3 Å². The highest BCUT2D eigenvalue weighted by atomic mass is 16.7. The zero-order valence-electron chi connectivity index (χ0n) is 14.5. The van der Waals surface area contributed by atoms with E-state index < -0.39 is 0 Å². The molecule has 1 saturated heterocycles. The molecular weight excluding hydrogens is 308 g/mol. The number of hydrogen-bond acceptors (Lipinski definition) is 5. The smallest absolute Gasteiger partial charge is 0.308 e. The average molecular weight is 336 g/mol. The van der Waals surface area contributed by atoms with Crippen LogP contribution in [0.4, 0.5) is 0 Å². The Kier molecular flexibility index (Phi) is 8.63. The van der Waals surface area contributed by atoms with E-state index in [0.717, 1.165) is 57.5 Å². The van der Waals surface area contributed by atoms with E-state index in [-0.39, 0.29) is 12.3 Å². The van der Waals surface area contributed by atoms with E-state index in [4.69, 9.17) is 18.9 Å². The van der Waals surface area contributed by atoms with Gasteiger partial charge in [0.2, 0.25) is 0 Å². The van der Waals surface area contributed by atoms with Crippen LogP contribution in [0.2, 0.25) is 0 Å². The van der Waals surface area contributed by atoms with E-state index in [1.54, 1.807) is 12.1 Å². The quantitative estimate of drug-likeness (QED) is 0.366. The molecule has 1 fully saturated rings. The highest BCUT2D eigenvalue weighted by Crippen LogP contribution is 2.18. The van der Waals surface area contributed by atoms with Gasteiger partial charge in [0.1, 0.15) is 11.5 Å². The van der Waals surface area contributed by atoms with E-state index in [2.05, 4.69) is 0 Å². The van der Waals surface area contributed by atoms with Crippen molar-refractivity contribution in [3.05, 3.63) is 24.3 Å². The van der Waals surface area contributed by atoms with Gasteiger partial charge in [-0.25, -0.2) is 0 Å². The second kappa shape index (κ2) is 11.0. The molecule has 0 radical (unpaired) electrons. The zero-order chi connectivity index (χ0) is 17.0. The summed E-state index contributed by atoms with van der Waals surface area (Å²) >= 11 is 0. The number of carbonyl (C=O) groups is 1. The molecule has 5 nitrogen and oxygen atoms in total. The molecule has 1 atom stereocenters. The first-order valence-corrected chi connectivity index (χ1v) is 8.88. The number of ether oxygens (including phenoxy) is 4. The highest BCUT2D eigenvalue weighted by molar-refractivity contribution is 5.69. The summed E-state index contributed by atoms with van der Waals surface area (Å²) in [7, 11) is 0. The summed E-state index contributed by atoms with van der Waals surface area (Å²) in [5, 5.41) is 0. The summed E-state index contributed by atoms with van der Waals surface area (Å²) < 4.78 is 21.9. The number of rotatable bonds is 10. The average Bonchev–Trinajstić information content (AvgIpc) is 2.59. The van der Waals surface area contributed by atoms with Crippen molar-refractivity contribution in [3.8, 4) is 11.5 Å². The summed E-state index contributed by atoms with van der Waals surface area (Å²) in [5.74, 6) is 1.02. The summed E-state index contributed by atoms with van der Waals surface area (Å²) in [6.07, 6.45) is 7.78. The van der Waals surface area contributed by atoms with Gasteiger partial charge in [-0.05, 0) is 62.8 Å². The predicted molar refractivity (Wildman–Crippen MR) is 91.3 cm³/mol. The van der Waals surface area contributed by atoms with Crippen molar-refractivity contribution in [2.45, 2.75) is 58.2 Å².